The summed E-state index contributed by atoms with van der Waals surface area (Å²) in [7, 11) is 0. The van der Waals surface area contributed by atoms with Gasteiger partial charge in [0, 0.05) is 6.42 Å². The fraction of sp³-hybridized carbons (Fsp3) is 0.462. The Morgan fingerprint density at radius 1 is 1.29 bits per heavy atom. The second-order valence-corrected chi connectivity index (χ2v) is 6.53. The first-order valence-corrected chi connectivity index (χ1v) is 6.73. The standard InChI is InChI=1S/C13H19NO2S/c1-13(2,3)17(15)14-10-7-11-16-12-8-5-4-6-9-12/h4-6,8-10H,7,11H2,1-3H3/b14-10+/t17-/m1/s1. The normalized spacial score (nSPS) is 13.9. The van der Waals surface area contributed by atoms with Crippen molar-refractivity contribution in [3.05, 3.63) is 30.3 Å². The summed E-state index contributed by atoms with van der Waals surface area (Å²) in [4.78, 5) is 0. The van der Waals surface area contributed by atoms with Crippen molar-refractivity contribution in [2.24, 2.45) is 4.40 Å². The number of para-hydroxylation sites is 1. The molecule has 1 atom stereocenters. The van der Waals surface area contributed by atoms with Crippen molar-refractivity contribution in [1.29, 1.82) is 0 Å². The van der Waals surface area contributed by atoms with Gasteiger partial charge in [-0.2, -0.15) is 0 Å². The van der Waals surface area contributed by atoms with Crippen molar-refractivity contribution in [2.75, 3.05) is 6.61 Å². The quantitative estimate of drug-likeness (QED) is 0.460. The molecule has 17 heavy (non-hydrogen) atoms. The minimum atomic E-state index is -1.17. The molecular formula is C13H19NO2S. The molecule has 0 N–H and O–H groups in total. The molecule has 0 bridgehead atoms. The molecule has 0 heterocycles. The fourth-order valence-electron chi connectivity index (χ4n) is 1.02. The van der Waals surface area contributed by atoms with E-state index >= 15 is 0 Å². The van der Waals surface area contributed by atoms with Gasteiger partial charge < -0.3 is 9.29 Å². The van der Waals surface area contributed by atoms with Crippen LogP contribution >= 0.6 is 0 Å². The van der Waals surface area contributed by atoms with Crippen LogP contribution in [0.15, 0.2) is 34.7 Å². The molecule has 0 aliphatic rings. The molecule has 0 spiro atoms. The van der Waals surface area contributed by atoms with Gasteiger partial charge in [-0.05, 0) is 32.9 Å². The summed E-state index contributed by atoms with van der Waals surface area (Å²) in [6.45, 7) is 6.26. The van der Waals surface area contributed by atoms with E-state index < -0.39 is 11.4 Å². The van der Waals surface area contributed by atoms with Crippen LogP contribution in [0.4, 0.5) is 0 Å². The second-order valence-electron chi connectivity index (χ2n) is 4.60. The molecule has 1 aromatic carbocycles. The summed E-state index contributed by atoms with van der Waals surface area (Å²) in [6, 6.07) is 9.62. The van der Waals surface area contributed by atoms with E-state index in [0.717, 1.165) is 5.75 Å². The first kappa shape index (κ1) is 14.1. The Morgan fingerprint density at radius 3 is 2.53 bits per heavy atom. The Labute approximate surface area is 106 Å². The summed E-state index contributed by atoms with van der Waals surface area (Å²) in [6.07, 6.45) is 2.33. The third kappa shape index (κ3) is 5.75. The van der Waals surface area contributed by atoms with Gasteiger partial charge in [-0.3, -0.25) is 0 Å². The maximum atomic E-state index is 11.6. The van der Waals surface area contributed by atoms with E-state index in [1.54, 1.807) is 6.21 Å². The van der Waals surface area contributed by atoms with Crippen molar-refractivity contribution in [3.8, 4) is 5.75 Å². The monoisotopic (exact) mass is 253 g/mol. The number of nitrogens with zero attached hydrogens (tertiary/aromatic N) is 1. The lowest BCUT2D eigenvalue weighted by Gasteiger charge is -2.17. The Bertz CT molecular complexity index is 346. The van der Waals surface area contributed by atoms with Gasteiger partial charge in [0.1, 0.15) is 21.9 Å². The van der Waals surface area contributed by atoms with E-state index in [0.29, 0.717) is 13.0 Å². The minimum absolute atomic E-state index is 0.295. The van der Waals surface area contributed by atoms with Gasteiger partial charge in [-0.1, -0.05) is 22.6 Å². The van der Waals surface area contributed by atoms with Crippen molar-refractivity contribution >= 4 is 17.6 Å². The molecule has 1 rings (SSSR count). The molecule has 1 aromatic rings. The Kier molecular flexibility index (Phi) is 5.51. The van der Waals surface area contributed by atoms with Gasteiger partial charge in [-0.25, -0.2) is 0 Å². The van der Waals surface area contributed by atoms with Crippen LogP contribution in [0.3, 0.4) is 0 Å². The Balaban J connectivity index is 2.23. The highest BCUT2D eigenvalue weighted by Crippen LogP contribution is 2.16. The third-order valence-electron chi connectivity index (χ3n) is 1.95. The summed E-state index contributed by atoms with van der Waals surface area (Å²) >= 11 is -1.17. The van der Waals surface area contributed by atoms with Crippen molar-refractivity contribution in [1.82, 2.24) is 0 Å². The van der Waals surface area contributed by atoms with Gasteiger partial charge in [-0.15, -0.1) is 0 Å². The molecule has 4 heteroatoms. The molecule has 0 aliphatic heterocycles. The Hall–Kier alpha value is -1.00. The molecule has 94 valence electrons. The van der Waals surface area contributed by atoms with Crippen LogP contribution in [0.1, 0.15) is 27.2 Å². The third-order valence-corrected chi connectivity index (χ3v) is 3.34. The van der Waals surface area contributed by atoms with Crippen LogP contribution < -0.4 is 4.74 Å². The molecule has 0 saturated carbocycles. The van der Waals surface area contributed by atoms with Gasteiger partial charge in [0.2, 0.25) is 0 Å². The lowest BCUT2D eigenvalue weighted by Crippen LogP contribution is -2.25. The van der Waals surface area contributed by atoms with Gasteiger partial charge in [0.05, 0.1) is 12.8 Å². The first-order chi connectivity index (χ1) is 8.00. The summed E-state index contributed by atoms with van der Waals surface area (Å²) in [5.41, 5.74) is 0. The van der Waals surface area contributed by atoms with Crippen LogP contribution in [0.5, 0.6) is 5.75 Å². The number of hydrogen-bond acceptors (Lipinski definition) is 3. The van der Waals surface area contributed by atoms with E-state index in [-0.39, 0.29) is 4.75 Å². The molecule has 3 nitrogen and oxygen atoms in total. The van der Waals surface area contributed by atoms with Gasteiger partial charge in [0.15, 0.2) is 0 Å². The molecule has 0 radical (unpaired) electrons. The summed E-state index contributed by atoms with van der Waals surface area (Å²) in [5, 5.41) is 0. The second kappa shape index (κ2) is 6.67. The lowest BCUT2D eigenvalue weighted by atomic mass is 10.3. The largest absolute Gasteiger partial charge is 0.591 e. The highest BCUT2D eigenvalue weighted by molar-refractivity contribution is 7.91. The predicted molar refractivity (Wildman–Crippen MR) is 72.9 cm³/mol. The molecule has 0 aliphatic carbocycles. The fourth-order valence-corrected chi connectivity index (χ4v) is 1.58. The van der Waals surface area contributed by atoms with Gasteiger partial charge >= 0.3 is 0 Å². The summed E-state index contributed by atoms with van der Waals surface area (Å²) in [5.74, 6) is 0.845. The topological polar surface area (TPSA) is 44.7 Å². The van der Waals surface area contributed by atoms with Crippen molar-refractivity contribution in [2.45, 2.75) is 31.9 Å². The zero-order chi connectivity index (χ0) is 12.7. The number of hydrogen-bond donors (Lipinski definition) is 0. The minimum Gasteiger partial charge on any atom is -0.591 e. The molecule has 0 fully saturated rings. The zero-order valence-corrected chi connectivity index (χ0v) is 11.4. The van der Waals surface area contributed by atoms with E-state index in [4.69, 9.17) is 4.74 Å². The average molecular weight is 253 g/mol. The SMILES string of the molecule is CC(C)(C)[S@@+]([O-])/N=C/CCOc1ccccc1. The van der Waals surface area contributed by atoms with E-state index in [1.807, 2.05) is 51.1 Å². The number of rotatable bonds is 5. The van der Waals surface area contributed by atoms with Crippen LogP contribution in [0.25, 0.3) is 0 Å². The predicted octanol–water partition coefficient (Wildman–Crippen LogP) is 2.99. The summed E-state index contributed by atoms with van der Waals surface area (Å²) < 4.78 is 20.8. The first-order valence-electron chi connectivity index (χ1n) is 5.62. The van der Waals surface area contributed by atoms with E-state index in [9.17, 15) is 4.55 Å². The zero-order valence-electron chi connectivity index (χ0n) is 10.6. The van der Waals surface area contributed by atoms with E-state index in [1.165, 1.54) is 0 Å². The Morgan fingerprint density at radius 2 is 1.94 bits per heavy atom. The highest BCUT2D eigenvalue weighted by Gasteiger charge is 2.25. The van der Waals surface area contributed by atoms with Crippen molar-refractivity contribution in [3.63, 3.8) is 0 Å². The molecular weight excluding hydrogens is 234 g/mol. The number of ether oxygens (including phenoxy) is 1. The van der Waals surface area contributed by atoms with Crippen molar-refractivity contribution < 1.29 is 9.29 Å². The van der Waals surface area contributed by atoms with E-state index in [2.05, 4.69) is 4.40 Å². The smallest absolute Gasteiger partial charge is 0.144 e. The van der Waals surface area contributed by atoms with Crippen LogP contribution in [-0.2, 0) is 11.4 Å². The van der Waals surface area contributed by atoms with Crippen LogP contribution in [0.2, 0.25) is 0 Å². The molecule has 0 aromatic heterocycles. The maximum Gasteiger partial charge on any atom is 0.144 e. The molecule has 0 amide bonds. The maximum absolute atomic E-state index is 11.6. The van der Waals surface area contributed by atoms with Crippen LogP contribution in [-0.4, -0.2) is 22.1 Å². The lowest BCUT2D eigenvalue weighted by molar-refractivity contribution is 0.330. The number of benzene rings is 1. The van der Waals surface area contributed by atoms with Crippen LogP contribution in [0, 0.1) is 0 Å². The average Bonchev–Trinajstić information content (AvgIpc) is 2.28. The van der Waals surface area contributed by atoms with Gasteiger partial charge in [0.25, 0.3) is 0 Å². The molecule has 0 saturated heterocycles. The highest BCUT2D eigenvalue weighted by atomic mass is 32.2. The molecule has 0 unspecified atom stereocenters.